The third-order valence-corrected chi connectivity index (χ3v) is 12.6. The number of hydrogen-bond donors (Lipinski definition) is 4. The fourth-order valence-corrected chi connectivity index (χ4v) is 8.79. The van der Waals surface area contributed by atoms with Crippen LogP contribution in [0.1, 0.15) is 93.6 Å². The Bertz CT molecular complexity index is 1760. The minimum Gasteiger partial charge on any atom is -0.381 e. The van der Waals surface area contributed by atoms with Crippen molar-refractivity contribution >= 4 is 40.5 Å². The van der Waals surface area contributed by atoms with E-state index in [1.54, 1.807) is 4.90 Å². The summed E-state index contributed by atoms with van der Waals surface area (Å²) in [5.74, 6) is 0.355. The molecule has 3 saturated carbocycles. The van der Waals surface area contributed by atoms with Crippen LogP contribution in [0, 0.1) is 10.8 Å². The lowest BCUT2D eigenvalue weighted by Gasteiger charge is -2.43. The minimum absolute atomic E-state index is 0.0558. The van der Waals surface area contributed by atoms with Gasteiger partial charge in [-0.05, 0) is 86.1 Å². The molecule has 0 radical (unpaired) electrons. The zero-order valence-corrected chi connectivity index (χ0v) is 28.5. The van der Waals surface area contributed by atoms with Crippen LogP contribution in [0.2, 0.25) is 5.02 Å². The standard InChI is InChI=1S/C37H45ClN6O4/c1-35(14-15-35)28(24-6-3-4-7-25(24)38)29(42-34(47)44(2)23-9-10-23)31-40-26-11-8-22(20-27(26)41-31)37(16-18-48-19-17-37)33(46)43-30-32(45)39-21-36(30)12-5-13-36/h3-4,6-8,11,20,23,28-30H,5,9-10,12-19,21H2,1-2H3,(H,39,45)(H,40,41)(H,42,47)(H,43,46)/t28-,29-,30-/m0/s1. The van der Waals surface area contributed by atoms with Gasteiger partial charge in [0.1, 0.15) is 11.9 Å². The van der Waals surface area contributed by atoms with Crippen molar-refractivity contribution in [2.45, 2.75) is 94.2 Å². The van der Waals surface area contributed by atoms with Gasteiger partial charge < -0.3 is 30.6 Å². The molecule has 2 aromatic carbocycles. The molecule has 0 bridgehead atoms. The first-order chi connectivity index (χ1) is 23.1. The van der Waals surface area contributed by atoms with Crippen LogP contribution < -0.4 is 16.0 Å². The molecule has 4 amide bonds. The van der Waals surface area contributed by atoms with E-state index in [2.05, 4.69) is 33.9 Å². The Balaban J connectivity index is 1.16. The average Bonchev–Trinajstić information content (AvgIpc) is 3.99. The van der Waals surface area contributed by atoms with Gasteiger partial charge in [0.05, 0.1) is 22.5 Å². The number of aromatic nitrogens is 2. The summed E-state index contributed by atoms with van der Waals surface area (Å²) in [5, 5.41) is 10.3. The molecule has 48 heavy (non-hydrogen) atoms. The van der Waals surface area contributed by atoms with Gasteiger partial charge in [0.15, 0.2) is 0 Å². The third kappa shape index (κ3) is 5.35. The monoisotopic (exact) mass is 672 g/mol. The molecule has 10 nitrogen and oxygen atoms in total. The molecule has 8 rings (SSSR count). The van der Waals surface area contributed by atoms with Gasteiger partial charge in [-0.25, -0.2) is 9.78 Å². The molecular formula is C37H45ClN6O4. The second-order valence-electron chi connectivity index (χ2n) is 15.3. The van der Waals surface area contributed by atoms with Crippen LogP contribution >= 0.6 is 11.6 Å². The molecule has 1 aromatic heterocycles. The largest absolute Gasteiger partial charge is 0.381 e. The van der Waals surface area contributed by atoms with Gasteiger partial charge in [-0.15, -0.1) is 0 Å². The van der Waals surface area contributed by atoms with E-state index in [4.69, 9.17) is 21.3 Å². The summed E-state index contributed by atoms with van der Waals surface area (Å²) in [6, 6.07) is 13.1. The third-order valence-electron chi connectivity index (χ3n) is 12.3. The Morgan fingerprint density at radius 3 is 2.48 bits per heavy atom. The summed E-state index contributed by atoms with van der Waals surface area (Å²) in [6.07, 6.45) is 8.08. The Morgan fingerprint density at radius 2 is 1.81 bits per heavy atom. The van der Waals surface area contributed by atoms with Gasteiger partial charge in [0.2, 0.25) is 11.8 Å². The number of imidazole rings is 1. The first kappa shape index (κ1) is 31.6. The molecular weight excluding hydrogens is 628 g/mol. The van der Waals surface area contributed by atoms with Gasteiger partial charge in [0, 0.05) is 49.2 Å². The Kier molecular flexibility index (Phi) is 7.75. The predicted molar refractivity (Wildman–Crippen MR) is 183 cm³/mol. The van der Waals surface area contributed by atoms with Crippen LogP contribution in [0.15, 0.2) is 42.5 Å². The quantitative estimate of drug-likeness (QED) is 0.240. The van der Waals surface area contributed by atoms with Crippen molar-refractivity contribution in [2.24, 2.45) is 10.8 Å². The topological polar surface area (TPSA) is 128 Å². The molecule has 1 spiro atoms. The van der Waals surface area contributed by atoms with Gasteiger partial charge >= 0.3 is 6.03 Å². The van der Waals surface area contributed by atoms with Crippen molar-refractivity contribution in [3.63, 3.8) is 0 Å². The maximum atomic E-state index is 14.3. The number of halogens is 1. The summed E-state index contributed by atoms with van der Waals surface area (Å²) in [6.45, 7) is 3.81. The van der Waals surface area contributed by atoms with E-state index in [9.17, 15) is 14.4 Å². The normalized spacial score (nSPS) is 24.7. The highest BCUT2D eigenvalue weighted by Crippen LogP contribution is 2.60. The van der Waals surface area contributed by atoms with E-state index in [0.29, 0.717) is 43.4 Å². The van der Waals surface area contributed by atoms with Crippen LogP contribution in [0.4, 0.5) is 4.79 Å². The zero-order valence-electron chi connectivity index (χ0n) is 27.7. The van der Waals surface area contributed by atoms with Gasteiger partial charge in [0.25, 0.3) is 0 Å². The molecule has 2 aliphatic heterocycles. The van der Waals surface area contributed by atoms with Gasteiger partial charge in [-0.3, -0.25) is 9.59 Å². The summed E-state index contributed by atoms with van der Waals surface area (Å²) in [5.41, 5.74) is 2.35. The fraction of sp³-hybridized carbons (Fsp3) is 0.568. The van der Waals surface area contributed by atoms with E-state index in [1.807, 2.05) is 43.4 Å². The highest BCUT2D eigenvalue weighted by Gasteiger charge is 2.55. The number of nitrogens with one attached hydrogen (secondary N) is 4. The highest BCUT2D eigenvalue weighted by molar-refractivity contribution is 6.31. The Morgan fingerprint density at radius 1 is 1.06 bits per heavy atom. The number of ether oxygens (including phenoxy) is 1. The van der Waals surface area contributed by atoms with Crippen molar-refractivity contribution in [1.29, 1.82) is 0 Å². The lowest BCUT2D eigenvalue weighted by Crippen LogP contribution is -2.57. The summed E-state index contributed by atoms with van der Waals surface area (Å²) < 4.78 is 5.74. The van der Waals surface area contributed by atoms with Crippen LogP contribution in [0.3, 0.4) is 0 Å². The number of aromatic amines is 1. The van der Waals surface area contributed by atoms with Crippen molar-refractivity contribution in [2.75, 3.05) is 26.8 Å². The summed E-state index contributed by atoms with van der Waals surface area (Å²) in [4.78, 5) is 51.3. The van der Waals surface area contributed by atoms with Crippen LogP contribution in [-0.2, 0) is 19.7 Å². The molecule has 254 valence electrons. The van der Waals surface area contributed by atoms with E-state index in [0.717, 1.165) is 67.1 Å². The fourth-order valence-electron chi connectivity index (χ4n) is 8.54. The molecule has 3 aliphatic carbocycles. The Labute approximate surface area is 286 Å². The molecule has 4 N–H and O–H groups in total. The van der Waals surface area contributed by atoms with Gasteiger partial charge in [-0.1, -0.05) is 49.2 Å². The highest BCUT2D eigenvalue weighted by atomic mass is 35.5. The first-order valence-corrected chi connectivity index (χ1v) is 17.9. The van der Waals surface area contributed by atoms with E-state index >= 15 is 0 Å². The lowest BCUT2D eigenvalue weighted by molar-refractivity contribution is -0.136. The number of H-pyrrole nitrogens is 1. The summed E-state index contributed by atoms with van der Waals surface area (Å²) in [7, 11) is 1.86. The number of amides is 4. The number of carbonyl (C=O) groups is 3. The SMILES string of the molecule is CN(C(=O)N[C@H](c1nc2ccc(C3(C(=O)N[C@H]4C(=O)NCC45CCC5)CCOCC3)cc2[nH]1)[C@H](c1ccccc1Cl)C1(C)CC1)C1CC1. The van der Waals surface area contributed by atoms with Crippen LogP contribution in [0.5, 0.6) is 0 Å². The number of hydrogen-bond acceptors (Lipinski definition) is 5. The molecule has 11 heteroatoms. The maximum Gasteiger partial charge on any atom is 0.317 e. The molecule has 5 fully saturated rings. The molecule has 5 aliphatic rings. The number of urea groups is 1. The number of rotatable bonds is 9. The number of fused-ring (bicyclic) bond motifs is 1. The second kappa shape index (κ2) is 11.8. The zero-order chi connectivity index (χ0) is 33.3. The van der Waals surface area contributed by atoms with Crippen molar-refractivity contribution in [1.82, 2.24) is 30.8 Å². The van der Waals surface area contributed by atoms with Gasteiger partial charge in [-0.2, -0.15) is 0 Å². The summed E-state index contributed by atoms with van der Waals surface area (Å²) >= 11 is 6.85. The predicted octanol–water partition coefficient (Wildman–Crippen LogP) is 5.48. The lowest BCUT2D eigenvalue weighted by atomic mass is 9.65. The minimum atomic E-state index is -0.840. The van der Waals surface area contributed by atoms with Crippen molar-refractivity contribution < 1.29 is 19.1 Å². The number of nitrogens with zero attached hydrogens (tertiary/aromatic N) is 2. The smallest absolute Gasteiger partial charge is 0.317 e. The molecule has 3 atom stereocenters. The van der Waals surface area contributed by atoms with Crippen molar-refractivity contribution in [3.8, 4) is 0 Å². The van der Waals surface area contributed by atoms with E-state index in [1.165, 1.54) is 0 Å². The number of benzene rings is 2. The van der Waals surface area contributed by atoms with E-state index < -0.39 is 17.5 Å². The first-order valence-electron chi connectivity index (χ1n) is 17.6. The second-order valence-corrected chi connectivity index (χ2v) is 15.7. The molecule has 0 unspecified atom stereocenters. The van der Waals surface area contributed by atoms with Crippen LogP contribution in [-0.4, -0.2) is 71.6 Å². The maximum absolute atomic E-state index is 14.3. The van der Waals surface area contributed by atoms with Crippen molar-refractivity contribution in [3.05, 3.63) is 64.4 Å². The molecule has 3 aromatic rings. The molecule has 3 heterocycles. The van der Waals surface area contributed by atoms with Crippen LogP contribution in [0.25, 0.3) is 11.0 Å². The van der Waals surface area contributed by atoms with E-state index in [-0.39, 0.29) is 40.6 Å². The Hall–Kier alpha value is -3.63. The molecule has 2 saturated heterocycles. The average molecular weight is 673 g/mol. The number of carbonyl (C=O) groups excluding carboxylic acids is 3.